The van der Waals surface area contributed by atoms with Gasteiger partial charge in [0.25, 0.3) is 5.69 Å². The summed E-state index contributed by atoms with van der Waals surface area (Å²) in [6.07, 6.45) is 0.757. The van der Waals surface area contributed by atoms with Crippen LogP contribution in [0.2, 0.25) is 0 Å². The predicted octanol–water partition coefficient (Wildman–Crippen LogP) is 4.02. The lowest BCUT2D eigenvalue weighted by molar-refractivity contribution is -0.384. The molecular weight excluding hydrogens is 336 g/mol. The van der Waals surface area contributed by atoms with Crippen molar-refractivity contribution in [3.63, 3.8) is 0 Å². The van der Waals surface area contributed by atoms with Gasteiger partial charge in [0.05, 0.1) is 24.3 Å². The lowest BCUT2D eigenvalue weighted by Crippen LogP contribution is -2.13. The number of hydrogen-bond donors (Lipinski definition) is 1. The maximum atomic E-state index is 12.1. The van der Waals surface area contributed by atoms with Crippen molar-refractivity contribution < 1.29 is 19.2 Å². The maximum absolute atomic E-state index is 12.1. The minimum Gasteiger partial charge on any atom is -0.495 e. The zero-order valence-corrected chi connectivity index (χ0v) is 15.1. The molecule has 1 N–H and O–H groups in total. The summed E-state index contributed by atoms with van der Waals surface area (Å²) >= 11 is 0. The van der Waals surface area contributed by atoms with Gasteiger partial charge in [-0.05, 0) is 38.0 Å². The van der Waals surface area contributed by atoms with Crippen LogP contribution in [0.15, 0.2) is 36.4 Å². The van der Waals surface area contributed by atoms with Gasteiger partial charge in [-0.3, -0.25) is 14.9 Å². The Balaban J connectivity index is 1.87. The lowest BCUT2D eigenvalue weighted by atomic mass is 10.1. The molecule has 2 aromatic carbocycles. The van der Waals surface area contributed by atoms with Crippen molar-refractivity contribution in [3.05, 3.63) is 57.6 Å². The maximum Gasteiger partial charge on any atom is 0.271 e. The summed E-state index contributed by atoms with van der Waals surface area (Å²) in [5.41, 5.74) is 2.39. The summed E-state index contributed by atoms with van der Waals surface area (Å²) < 4.78 is 10.8. The summed E-state index contributed by atoms with van der Waals surface area (Å²) in [4.78, 5) is 22.4. The molecule has 0 aliphatic heterocycles. The highest BCUT2D eigenvalue weighted by Gasteiger charge is 2.13. The first-order chi connectivity index (χ1) is 12.4. The molecule has 2 aromatic rings. The van der Waals surface area contributed by atoms with E-state index >= 15 is 0 Å². The third-order valence-electron chi connectivity index (χ3n) is 3.80. The number of carbonyl (C=O) groups is 1. The Morgan fingerprint density at radius 3 is 2.54 bits per heavy atom. The number of carbonyl (C=O) groups excluding carboxylic acids is 1. The minimum atomic E-state index is -0.521. The second-order valence-electron chi connectivity index (χ2n) is 5.91. The molecule has 0 aliphatic rings. The van der Waals surface area contributed by atoms with Gasteiger partial charge in [0.15, 0.2) is 0 Å². The Bertz CT molecular complexity index is 805. The molecule has 0 heterocycles. The number of nitro benzene ring substituents is 1. The molecule has 7 heteroatoms. The SMILES string of the molecule is COc1ccc([N+](=O)[O-])cc1NC(=O)CCCOc1ccc(C)cc1C. The molecule has 1 amide bonds. The molecular formula is C19H22N2O5. The summed E-state index contributed by atoms with van der Waals surface area (Å²) in [5, 5.41) is 13.5. The fourth-order valence-electron chi connectivity index (χ4n) is 2.50. The summed E-state index contributed by atoms with van der Waals surface area (Å²) in [7, 11) is 1.44. The van der Waals surface area contributed by atoms with Gasteiger partial charge < -0.3 is 14.8 Å². The van der Waals surface area contributed by atoms with Gasteiger partial charge >= 0.3 is 0 Å². The van der Waals surface area contributed by atoms with Crippen molar-refractivity contribution in [2.75, 3.05) is 19.0 Å². The molecule has 0 radical (unpaired) electrons. The molecule has 0 bridgehead atoms. The van der Waals surface area contributed by atoms with Crippen molar-refractivity contribution in [2.45, 2.75) is 26.7 Å². The molecule has 2 rings (SSSR count). The molecule has 0 unspecified atom stereocenters. The lowest BCUT2D eigenvalue weighted by Gasteiger charge is -2.11. The van der Waals surface area contributed by atoms with Crippen molar-refractivity contribution in [2.24, 2.45) is 0 Å². The van der Waals surface area contributed by atoms with Crippen molar-refractivity contribution in [1.82, 2.24) is 0 Å². The Morgan fingerprint density at radius 2 is 1.88 bits per heavy atom. The normalized spacial score (nSPS) is 10.3. The van der Waals surface area contributed by atoms with Crippen LogP contribution < -0.4 is 14.8 Å². The van der Waals surface area contributed by atoms with Crippen LogP contribution in [0.1, 0.15) is 24.0 Å². The first kappa shape index (κ1) is 19.2. The van der Waals surface area contributed by atoms with Gasteiger partial charge in [0, 0.05) is 18.6 Å². The molecule has 0 aliphatic carbocycles. The summed E-state index contributed by atoms with van der Waals surface area (Å²) in [6.45, 7) is 4.40. The number of nitrogens with one attached hydrogen (secondary N) is 1. The second kappa shape index (κ2) is 8.84. The number of nitro groups is 1. The quantitative estimate of drug-likeness (QED) is 0.437. The van der Waals surface area contributed by atoms with E-state index in [1.807, 2.05) is 32.0 Å². The van der Waals surface area contributed by atoms with E-state index in [1.165, 1.54) is 30.9 Å². The molecule has 0 saturated carbocycles. The Hall–Kier alpha value is -3.09. The molecule has 138 valence electrons. The van der Waals surface area contributed by atoms with Crippen LogP contribution >= 0.6 is 0 Å². The number of amides is 1. The smallest absolute Gasteiger partial charge is 0.271 e. The van der Waals surface area contributed by atoms with Crippen LogP contribution in [0.3, 0.4) is 0 Å². The molecule has 0 atom stereocenters. The van der Waals surface area contributed by atoms with E-state index in [2.05, 4.69) is 5.32 Å². The van der Waals surface area contributed by atoms with E-state index in [0.29, 0.717) is 18.8 Å². The van der Waals surface area contributed by atoms with Crippen LogP contribution in [-0.2, 0) is 4.79 Å². The Labute approximate surface area is 152 Å². The molecule has 0 saturated heterocycles. The van der Waals surface area contributed by atoms with Crippen LogP contribution in [-0.4, -0.2) is 24.5 Å². The average Bonchev–Trinajstić information content (AvgIpc) is 2.60. The van der Waals surface area contributed by atoms with E-state index in [0.717, 1.165) is 11.3 Å². The molecule has 0 fully saturated rings. The first-order valence-corrected chi connectivity index (χ1v) is 8.23. The molecule has 0 spiro atoms. The summed E-state index contributed by atoms with van der Waals surface area (Å²) in [5.74, 6) is 0.917. The fraction of sp³-hybridized carbons (Fsp3) is 0.316. The monoisotopic (exact) mass is 358 g/mol. The number of nitrogens with zero attached hydrogens (tertiary/aromatic N) is 1. The molecule has 0 aromatic heterocycles. The van der Waals surface area contributed by atoms with E-state index < -0.39 is 4.92 Å². The highest BCUT2D eigenvalue weighted by atomic mass is 16.6. The van der Waals surface area contributed by atoms with E-state index in [1.54, 1.807) is 0 Å². The van der Waals surface area contributed by atoms with Gasteiger partial charge in [-0.25, -0.2) is 0 Å². The van der Waals surface area contributed by atoms with E-state index in [9.17, 15) is 14.9 Å². The topological polar surface area (TPSA) is 90.7 Å². The van der Waals surface area contributed by atoms with Crippen molar-refractivity contribution >= 4 is 17.3 Å². The molecule has 26 heavy (non-hydrogen) atoms. The number of rotatable bonds is 8. The largest absolute Gasteiger partial charge is 0.495 e. The second-order valence-corrected chi connectivity index (χ2v) is 5.91. The van der Waals surface area contributed by atoms with E-state index in [-0.39, 0.29) is 23.7 Å². The summed E-state index contributed by atoms with van der Waals surface area (Å²) in [6, 6.07) is 9.99. The number of anilines is 1. The number of ether oxygens (including phenoxy) is 2. The minimum absolute atomic E-state index is 0.112. The van der Waals surface area contributed by atoms with Crippen LogP contribution in [0, 0.1) is 24.0 Å². The van der Waals surface area contributed by atoms with Crippen LogP contribution in [0.25, 0.3) is 0 Å². The zero-order chi connectivity index (χ0) is 19.1. The third-order valence-corrected chi connectivity index (χ3v) is 3.80. The van der Waals surface area contributed by atoms with Crippen molar-refractivity contribution in [3.8, 4) is 11.5 Å². The average molecular weight is 358 g/mol. The van der Waals surface area contributed by atoms with Crippen molar-refractivity contribution in [1.29, 1.82) is 0 Å². The van der Waals surface area contributed by atoms with Gasteiger partial charge in [-0.2, -0.15) is 0 Å². The van der Waals surface area contributed by atoms with Gasteiger partial charge in [-0.15, -0.1) is 0 Å². The third kappa shape index (κ3) is 5.20. The Morgan fingerprint density at radius 1 is 1.15 bits per heavy atom. The van der Waals surface area contributed by atoms with Crippen LogP contribution in [0.5, 0.6) is 11.5 Å². The molecule has 7 nitrogen and oxygen atoms in total. The highest BCUT2D eigenvalue weighted by Crippen LogP contribution is 2.29. The number of non-ortho nitro benzene ring substituents is 1. The highest BCUT2D eigenvalue weighted by molar-refractivity contribution is 5.92. The van der Waals surface area contributed by atoms with Gasteiger partial charge in [-0.1, -0.05) is 17.7 Å². The standard InChI is InChI=1S/C19H22N2O5/c1-13-6-8-17(14(2)11-13)26-10-4-5-19(22)20-16-12-15(21(23)24)7-9-18(16)25-3/h6-9,11-12H,4-5,10H2,1-3H3,(H,20,22). The van der Waals surface area contributed by atoms with Gasteiger partial charge in [0.2, 0.25) is 5.91 Å². The number of benzene rings is 2. The fourth-order valence-corrected chi connectivity index (χ4v) is 2.50. The van der Waals surface area contributed by atoms with Crippen LogP contribution in [0.4, 0.5) is 11.4 Å². The predicted molar refractivity (Wildman–Crippen MR) is 98.9 cm³/mol. The van der Waals surface area contributed by atoms with Gasteiger partial charge in [0.1, 0.15) is 11.5 Å². The number of hydrogen-bond acceptors (Lipinski definition) is 5. The van der Waals surface area contributed by atoms with E-state index in [4.69, 9.17) is 9.47 Å². The first-order valence-electron chi connectivity index (χ1n) is 8.23. The number of methoxy groups -OCH3 is 1. The Kier molecular flexibility index (Phi) is 6.54. The number of aryl methyl sites for hydroxylation is 2. The zero-order valence-electron chi connectivity index (χ0n) is 15.1.